The Bertz CT molecular complexity index is 1220. The number of aryl methyl sites for hydroxylation is 3. The second kappa shape index (κ2) is 7.78. The molecule has 3 heterocycles. The smallest absolute Gasteiger partial charge is 0.267 e. The van der Waals surface area contributed by atoms with E-state index in [4.69, 9.17) is 0 Å². The van der Waals surface area contributed by atoms with Crippen LogP contribution in [-0.4, -0.2) is 20.7 Å². The summed E-state index contributed by atoms with van der Waals surface area (Å²) in [5.74, 6) is 1.23. The van der Waals surface area contributed by atoms with Crippen LogP contribution in [0.2, 0.25) is 0 Å². The number of rotatable bonds is 5. The fraction of sp³-hybridized carbons (Fsp3) is 0.522. The molecule has 0 fully saturated rings. The zero-order chi connectivity index (χ0) is 21.6. The van der Waals surface area contributed by atoms with E-state index in [1.54, 1.807) is 11.6 Å². The standard InChI is InChI=1S/C23H31N5O2/c1-6-7-8-11-26-21(29)19-20(25(5)23(26)30)24-22-27(13-15(2)14-28(19)22)18-10-9-16(3)17(4)12-18/h9-10,12,15H,6-8,11,13-14H2,1-5H3/p+1/t15-/m0/s1. The van der Waals surface area contributed by atoms with Gasteiger partial charge < -0.3 is 0 Å². The van der Waals surface area contributed by atoms with E-state index < -0.39 is 0 Å². The molecular weight excluding hydrogens is 378 g/mol. The normalized spacial score (nSPS) is 16.3. The molecule has 0 bridgehead atoms. The highest BCUT2D eigenvalue weighted by atomic mass is 16.2. The number of aromatic nitrogens is 4. The van der Waals surface area contributed by atoms with Crippen molar-refractivity contribution in [2.45, 2.75) is 60.0 Å². The van der Waals surface area contributed by atoms with Crippen molar-refractivity contribution in [3.63, 3.8) is 0 Å². The number of H-pyrrole nitrogens is 1. The number of unbranched alkanes of at least 4 members (excludes halogenated alkanes) is 2. The number of aromatic amines is 1. The third-order valence-electron chi connectivity index (χ3n) is 6.31. The van der Waals surface area contributed by atoms with Gasteiger partial charge >= 0.3 is 11.6 Å². The van der Waals surface area contributed by atoms with Gasteiger partial charge in [0.05, 0.1) is 13.1 Å². The summed E-state index contributed by atoms with van der Waals surface area (Å²) >= 11 is 0. The molecule has 30 heavy (non-hydrogen) atoms. The summed E-state index contributed by atoms with van der Waals surface area (Å²) in [6.45, 7) is 10.6. The Balaban J connectivity index is 1.92. The molecule has 1 aromatic carbocycles. The van der Waals surface area contributed by atoms with Gasteiger partial charge in [0.1, 0.15) is 5.69 Å². The van der Waals surface area contributed by atoms with Crippen molar-refractivity contribution >= 4 is 22.8 Å². The predicted molar refractivity (Wildman–Crippen MR) is 120 cm³/mol. The van der Waals surface area contributed by atoms with Gasteiger partial charge in [0.2, 0.25) is 11.2 Å². The molecule has 0 aliphatic carbocycles. The van der Waals surface area contributed by atoms with Crippen LogP contribution in [0.4, 0.5) is 11.6 Å². The molecule has 4 rings (SSSR count). The number of hydrogen-bond acceptors (Lipinski definition) is 3. The third kappa shape index (κ3) is 3.26. The highest BCUT2D eigenvalue weighted by molar-refractivity contribution is 5.70. The Hall–Kier alpha value is -2.83. The summed E-state index contributed by atoms with van der Waals surface area (Å²) in [6, 6.07) is 6.44. The Morgan fingerprint density at radius 1 is 1.17 bits per heavy atom. The van der Waals surface area contributed by atoms with Crippen molar-refractivity contribution in [3.8, 4) is 0 Å². The maximum Gasteiger partial charge on any atom is 0.364 e. The summed E-state index contributed by atoms with van der Waals surface area (Å²) in [5.41, 5.74) is 4.32. The Morgan fingerprint density at radius 3 is 2.63 bits per heavy atom. The molecule has 3 aromatic rings. The van der Waals surface area contributed by atoms with Gasteiger partial charge in [-0.3, -0.25) is 13.9 Å². The molecule has 0 radical (unpaired) electrons. The molecule has 7 heteroatoms. The first-order chi connectivity index (χ1) is 14.3. The van der Waals surface area contributed by atoms with Crippen molar-refractivity contribution in [2.75, 3.05) is 11.4 Å². The van der Waals surface area contributed by atoms with Crippen molar-refractivity contribution in [1.82, 2.24) is 14.1 Å². The van der Waals surface area contributed by atoms with E-state index in [1.165, 1.54) is 15.7 Å². The fourth-order valence-corrected chi connectivity index (χ4v) is 4.41. The molecule has 0 unspecified atom stereocenters. The molecule has 2 aromatic heterocycles. The third-order valence-corrected chi connectivity index (χ3v) is 6.31. The summed E-state index contributed by atoms with van der Waals surface area (Å²) in [6.07, 6.45) is 2.89. The zero-order valence-electron chi connectivity index (χ0n) is 18.7. The lowest BCUT2D eigenvalue weighted by Crippen LogP contribution is -2.52. The Morgan fingerprint density at radius 2 is 1.93 bits per heavy atom. The van der Waals surface area contributed by atoms with Gasteiger partial charge in [0.25, 0.3) is 5.56 Å². The van der Waals surface area contributed by atoms with E-state index in [0.29, 0.717) is 23.6 Å². The maximum atomic E-state index is 13.4. The van der Waals surface area contributed by atoms with Crippen molar-refractivity contribution in [3.05, 3.63) is 50.2 Å². The lowest BCUT2D eigenvalue weighted by molar-refractivity contribution is -0.669. The van der Waals surface area contributed by atoms with Gasteiger partial charge in [0, 0.05) is 19.5 Å². The second-order valence-electron chi connectivity index (χ2n) is 8.75. The number of nitrogens with zero attached hydrogens (tertiary/aromatic N) is 4. The first-order valence-electron chi connectivity index (χ1n) is 10.9. The van der Waals surface area contributed by atoms with Crippen LogP contribution in [0, 0.1) is 19.8 Å². The number of imidazole rings is 1. The molecule has 0 amide bonds. The number of benzene rings is 1. The molecule has 0 saturated carbocycles. The predicted octanol–water partition coefficient (Wildman–Crippen LogP) is 2.91. The Kier molecular flexibility index (Phi) is 5.30. The lowest BCUT2D eigenvalue weighted by Gasteiger charge is -2.26. The van der Waals surface area contributed by atoms with E-state index in [0.717, 1.165) is 44.0 Å². The van der Waals surface area contributed by atoms with Gasteiger partial charge in [-0.2, -0.15) is 0 Å². The highest BCUT2D eigenvalue weighted by Gasteiger charge is 2.36. The van der Waals surface area contributed by atoms with Crippen molar-refractivity contribution in [1.29, 1.82) is 0 Å². The highest BCUT2D eigenvalue weighted by Crippen LogP contribution is 2.29. The van der Waals surface area contributed by atoms with Crippen molar-refractivity contribution < 1.29 is 4.57 Å². The van der Waals surface area contributed by atoms with E-state index in [2.05, 4.69) is 60.3 Å². The minimum absolute atomic E-state index is 0.194. The average molecular weight is 411 g/mol. The molecule has 0 spiro atoms. The van der Waals surface area contributed by atoms with E-state index >= 15 is 0 Å². The Labute approximate surface area is 176 Å². The number of nitrogens with one attached hydrogen (secondary N) is 1. The maximum absolute atomic E-state index is 13.4. The van der Waals surface area contributed by atoms with Crippen LogP contribution in [0.15, 0.2) is 27.8 Å². The monoisotopic (exact) mass is 410 g/mol. The molecule has 7 nitrogen and oxygen atoms in total. The largest absolute Gasteiger partial charge is 0.364 e. The molecule has 160 valence electrons. The van der Waals surface area contributed by atoms with Gasteiger partial charge in [0.15, 0.2) is 0 Å². The van der Waals surface area contributed by atoms with Crippen LogP contribution in [0.1, 0.15) is 44.2 Å². The van der Waals surface area contributed by atoms with Crippen LogP contribution in [0.5, 0.6) is 0 Å². The molecule has 1 atom stereocenters. The van der Waals surface area contributed by atoms with Gasteiger partial charge in [-0.05, 0) is 43.5 Å². The summed E-state index contributed by atoms with van der Waals surface area (Å²) in [4.78, 5) is 31.9. The van der Waals surface area contributed by atoms with Crippen molar-refractivity contribution in [2.24, 2.45) is 13.0 Å². The first kappa shape index (κ1) is 20.4. The number of fused-ring (bicyclic) bond motifs is 3. The second-order valence-corrected chi connectivity index (χ2v) is 8.75. The topological polar surface area (TPSA) is 66.9 Å². The van der Waals surface area contributed by atoms with Gasteiger partial charge in [-0.15, -0.1) is 0 Å². The first-order valence-corrected chi connectivity index (χ1v) is 10.9. The summed E-state index contributed by atoms with van der Waals surface area (Å²) in [7, 11) is 1.74. The zero-order valence-corrected chi connectivity index (χ0v) is 18.7. The fourth-order valence-electron chi connectivity index (χ4n) is 4.41. The molecule has 1 N–H and O–H groups in total. The van der Waals surface area contributed by atoms with Crippen LogP contribution in [0.25, 0.3) is 11.2 Å². The molecule has 1 aliphatic rings. The van der Waals surface area contributed by atoms with Gasteiger partial charge in [-0.25, -0.2) is 19.2 Å². The van der Waals surface area contributed by atoms with Gasteiger partial charge in [-0.1, -0.05) is 32.8 Å². The van der Waals surface area contributed by atoms with Crippen LogP contribution in [-0.2, 0) is 20.1 Å². The molecular formula is C23H32N5O2+. The molecule has 0 saturated heterocycles. The lowest BCUT2D eigenvalue weighted by atomic mass is 10.1. The summed E-state index contributed by atoms with van der Waals surface area (Å²) < 4.78 is 5.05. The quantitative estimate of drug-likeness (QED) is 0.520. The minimum atomic E-state index is -0.256. The van der Waals surface area contributed by atoms with Crippen LogP contribution >= 0.6 is 0 Å². The van der Waals surface area contributed by atoms with E-state index in [-0.39, 0.29) is 11.2 Å². The SMILES string of the molecule is CCCCCn1c(=O)c2c([nH]c3[n+]2C[C@@H](C)CN3c2ccc(C)c(C)c2)n(C)c1=O. The van der Waals surface area contributed by atoms with Crippen LogP contribution in [0.3, 0.4) is 0 Å². The number of hydrogen-bond donors (Lipinski definition) is 1. The minimum Gasteiger partial charge on any atom is -0.267 e. The van der Waals surface area contributed by atoms with Crippen LogP contribution < -0.4 is 20.7 Å². The number of anilines is 2. The average Bonchev–Trinajstić information content (AvgIpc) is 3.10. The van der Waals surface area contributed by atoms with E-state index in [1.807, 2.05) is 0 Å². The van der Waals surface area contributed by atoms with E-state index in [9.17, 15) is 9.59 Å². The summed E-state index contributed by atoms with van der Waals surface area (Å²) in [5, 5.41) is 0. The molecule has 1 aliphatic heterocycles.